The normalized spacial score (nSPS) is 19.8. The number of carboxylic acids is 1. The predicted octanol–water partition coefficient (Wildman–Crippen LogP) is 1.31. The highest BCUT2D eigenvalue weighted by atomic mass is 16.4. The number of hydrogen-bond donors (Lipinski definition) is 1. The van der Waals surface area contributed by atoms with E-state index in [0.717, 1.165) is 38.3 Å². The van der Waals surface area contributed by atoms with Gasteiger partial charge in [-0.1, -0.05) is 13.0 Å². The molecule has 6 heteroatoms. The summed E-state index contributed by atoms with van der Waals surface area (Å²) in [5, 5.41) is 13.5. The quantitative estimate of drug-likeness (QED) is 0.910. The highest BCUT2D eigenvalue weighted by molar-refractivity contribution is 5.86. The topological polar surface area (TPSA) is 70.7 Å². The molecule has 1 fully saturated rings. The molecule has 2 aromatic heterocycles. The van der Waals surface area contributed by atoms with Gasteiger partial charge in [-0.3, -0.25) is 0 Å². The molecule has 0 amide bonds. The van der Waals surface area contributed by atoms with Gasteiger partial charge in [-0.2, -0.15) is 5.10 Å². The first kappa shape index (κ1) is 13.1. The van der Waals surface area contributed by atoms with Gasteiger partial charge in [0.15, 0.2) is 17.2 Å². The Morgan fingerprint density at radius 2 is 2.35 bits per heavy atom. The zero-order valence-electron chi connectivity index (χ0n) is 11.5. The summed E-state index contributed by atoms with van der Waals surface area (Å²) < 4.78 is 1.42. The van der Waals surface area contributed by atoms with Crippen molar-refractivity contribution in [3.63, 3.8) is 0 Å². The molecule has 1 N–H and O–H groups in total. The molecular formula is C14H18N4O2. The number of pyridine rings is 1. The largest absolute Gasteiger partial charge is 0.477 e. The highest BCUT2D eigenvalue weighted by Crippen LogP contribution is 2.19. The number of aromatic nitrogens is 3. The summed E-state index contributed by atoms with van der Waals surface area (Å²) in [6.45, 7) is 5.47. The van der Waals surface area contributed by atoms with E-state index in [1.807, 2.05) is 0 Å². The predicted molar refractivity (Wildman–Crippen MR) is 73.9 cm³/mol. The number of hydrogen-bond acceptors (Lipinski definition) is 4. The Hall–Kier alpha value is -1.95. The second kappa shape index (κ2) is 5.20. The lowest BCUT2D eigenvalue weighted by atomic mass is 10.1. The minimum absolute atomic E-state index is 0.155. The molecule has 0 bridgehead atoms. The SMILES string of the molecule is CCN1CCC(Cc2nc3cccc(C(=O)O)n3n2)C1. The van der Waals surface area contributed by atoms with Crippen molar-refractivity contribution >= 4 is 11.6 Å². The molecule has 1 atom stereocenters. The van der Waals surface area contributed by atoms with E-state index in [-0.39, 0.29) is 5.69 Å². The third-order valence-electron chi connectivity index (χ3n) is 3.91. The van der Waals surface area contributed by atoms with Gasteiger partial charge in [-0.15, -0.1) is 0 Å². The van der Waals surface area contributed by atoms with Crippen LogP contribution in [0.3, 0.4) is 0 Å². The summed E-state index contributed by atoms with van der Waals surface area (Å²) >= 11 is 0. The third-order valence-corrected chi connectivity index (χ3v) is 3.91. The average Bonchev–Trinajstić information content (AvgIpc) is 3.03. The Kier molecular flexibility index (Phi) is 3.40. The Morgan fingerprint density at radius 1 is 1.50 bits per heavy atom. The van der Waals surface area contributed by atoms with Gasteiger partial charge in [-0.05, 0) is 37.6 Å². The van der Waals surface area contributed by atoms with Crippen molar-refractivity contribution in [3.05, 3.63) is 29.7 Å². The fraction of sp³-hybridized carbons (Fsp3) is 0.500. The Labute approximate surface area is 117 Å². The fourth-order valence-corrected chi connectivity index (χ4v) is 2.82. The summed E-state index contributed by atoms with van der Waals surface area (Å²) in [5.74, 6) is 0.326. The molecule has 3 rings (SSSR count). The summed E-state index contributed by atoms with van der Waals surface area (Å²) in [7, 11) is 0. The molecule has 2 aromatic rings. The standard InChI is InChI=1S/C14H18N4O2/c1-2-17-7-6-10(9-17)8-12-15-13-5-3-4-11(14(19)20)18(13)16-12/h3-5,10H,2,6-9H2,1H3,(H,19,20). The van der Waals surface area contributed by atoms with Gasteiger partial charge in [0.2, 0.25) is 0 Å². The zero-order chi connectivity index (χ0) is 14.1. The average molecular weight is 274 g/mol. The van der Waals surface area contributed by atoms with Crippen LogP contribution in [0.5, 0.6) is 0 Å². The van der Waals surface area contributed by atoms with Crippen molar-refractivity contribution in [1.29, 1.82) is 0 Å². The maximum atomic E-state index is 11.2. The molecule has 0 aliphatic carbocycles. The Morgan fingerprint density at radius 3 is 3.05 bits per heavy atom. The number of rotatable bonds is 4. The van der Waals surface area contributed by atoms with Crippen LogP contribution in [-0.2, 0) is 6.42 Å². The van der Waals surface area contributed by atoms with E-state index in [9.17, 15) is 4.79 Å². The second-order valence-electron chi connectivity index (χ2n) is 5.27. The Bertz CT molecular complexity index is 637. The molecule has 20 heavy (non-hydrogen) atoms. The molecular weight excluding hydrogens is 256 g/mol. The number of fused-ring (bicyclic) bond motifs is 1. The van der Waals surface area contributed by atoms with Gasteiger partial charge in [0, 0.05) is 13.0 Å². The van der Waals surface area contributed by atoms with Crippen molar-refractivity contribution in [2.45, 2.75) is 19.8 Å². The Balaban J connectivity index is 1.83. The molecule has 1 aliphatic heterocycles. The maximum Gasteiger partial charge on any atom is 0.354 e. The first-order chi connectivity index (χ1) is 9.67. The van der Waals surface area contributed by atoms with Crippen LogP contribution in [-0.4, -0.2) is 50.2 Å². The maximum absolute atomic E-state index is 11.2. The number of carboxylic acid groups (broad SMARTS) is 1. The van der Waals surface area contributed by atoms with Crippen molar-refractivity contribution in [1.82, 2.24) is 19.5 Å². The number of aromatic carboxylic acids is 1. The van der Waals surface area contributed by atoms with Crippen molar-refractivity contribution in [3.8, 4) is 0 Å². The van der Waals surface area contributed by atoms with Crippen LogP contribution in [0.15, 0.2) is 18.2 Å². The molecule has 106 valence electrons. The first-order valence-corrected chi connectivity index (χ1v) is 6.97. The van der Waals surface area contributed by atoms with Crippen molar-refractivity contribution in [2.75, 3.05) is 19.6 Å². The van der Waals surface area contributed by atoms with E-state index in [4.69, 9.17) is 5.11 Å². The molecule has 0 spiro atoms. The summed E-state index contributed by atoms with van der Waals surface area (Å²) in [5.41, 5.74) is 0.758. The lowest BCUT2D eigenvalue weighted by Gasteiger charge is -2.11. The smallest absolute Gasteiger partial charge is 0.354 e. The molecule has 1 saturated heterocycles. The molecule has 0 aromatic carbocycles. The molecule has 3 heterocycles. The lowest BCUT2D eigenvalue weighted by molar-refractivity contribution is 0.0687. The summed E-state index contributed by atoms with van der Waals surface area (Å²) in [4.78, 5) is 18.0. The van der Waals surface area contributed by atoms with E-state index < -0.39 is 5.97 Å². The summed E-state index contributed by atoms with van der Waals surface area (Å²) in [6, 6.07) is 5.03. The van der Waals surface area contributed by atoms with Crippen LogP contribution in [0.25, 0.3) is 5.65 Å². The summed E-state index contributed by atoms with van der Waals surface area (Å²) in [6.07, 6.45) is 1.98. The highest BCUT2D eigenvalue weighted by Gasteiger charge is 2.23. The van der Waals surface area contributed by atoms with Gasteiger partial charge in [0.25, 0.3) is 0 Å². The third kappa shape index (κ3) is 2.38. The van der Waals surface area contributed by atoms with Crippen LogP contribution in [0.2, 0.25) is 0 Å². The lowest BCUT2D eigenvalue weighted by Crippen LogP contribution is -2.20. The molecule has 6 nitrogen and oxygen atoms in total. The second-order valence-corrected chi connectivity index (χ2v) is 5.27. The molecule has 0 saturated carbocycles. The van der Waals surface area contributed by atoms with Gasteiger partial charge >= 0.3 is 5.97 Å². The van der Waals surface area contributed by atoms with E-state index in [1.165, 1.54) is 4.52 Å². The number of carbonyl (C=O) groups is 1. The van der Waals surface area contributed by atoms with Gasteiger partial charge in [-0.25, -0.2) is 14.3 Å². The van der Waals surface area contributed by atoms with Crippen LogP contribution >= 0.6 is 0 Å². The van der Waals surface area contributed by atoms with Crippen molar-refractivity contribution < 1.29 is 9.90 Å². The molecule has 0 radical (unpaired) electrons. The van der Waals surface area contributed by atoms with E-state index >= 15 is 0 Å². The van der Waals surface area contributed by atoms with Crippen LogP contribution in [0, 0.1) is 5.92 Å². The van der Waals surface area contributed by atoms with Crippen LogP contribution < -0.4 is 0 Å². The van der Waals surface area contributed by atoms with E-state index in [1.54, 1.807) is 18.2 Å². The molecule has 1 aliphatic rings. The van der Waals surface area contributed by atoms with Gasteiger partial charge < -0.3 is 10.0 Å². The van der Waals surface area contributed by atoms with Gasteiger partial charge in [0.05, 0.1) is 0 Å². The van der Waals surface area contributed by atoms with Crippen LogP contribution in [0.1, 0.15) is 29.7 Å². The minimum Gasteiger partial charge on any atom is -0.477 e. The van der Waals surface area contributed by atoms with Crippen LogP contribution in [0.4, 0.5) is 0 Å². The van der Waals surface area contributed by atoms with E-state index in [0.29, 0.717) is 11.6 Å². The zero-order valence-corrected chi connectivity index (χ0v) is 11.5. The van der Waals surface area contributed by atoms with E-state index in [2.05, 4.69) is 21.9 Å². The number of nitrogens with zero attached hydrogens (tertiary/aromatic N) is 4. The monoisotopic (exact) mass is 274 g/mol. The van der Waals surface area contributed by atoms with Crippen molar-refractivity contribution in [2.24, 2.45) is 5.92 Å². The first-order valence-electron chi connectivity index (χ1n) is 6.97. The minimum atomic E-state index is -0.981. The van der Waals surface area contributed by atoms with Gasteiger partial charge in [0.1, 0.15) is 0 Å². The fourth-order valence-electron chi connectivity index (χ4n) is 2.82. The molecule has 1 unspecified atom stereocenters. The number of likely N-dealkylation sites (tertiary alicyclic amines) is 1.